The average molecular weight is 171 g/mol. The lowest BCUT2D eigenvalue weighted by atomic mass is 9.86. The summed E-state index contributed by atoms with van der Waals surface area (Å²) in [6.07, 6.45) is 3.96. The maximum atomic E-state index is 10.2. The van der Waals surface area contributed by atoms with E-state index in [9.17, 15) is 5.11 Å². The first-order valence-electron chi connectivity index (χ1n) is 5.05. The molecule has 1 rings (SSSR count). The van der Waals surface area contributed by atoms with E-state index in [1.54, 1.807) is 0 Å². The summed E-state index contributed by atoms with van der Waals surface area (Å²) >= 11 is 0. The average Bonchev–Trinajstić information content (AvgIpc) is 2.12. The highest BCUT2D eigenvalue weighted by atomic mass is 16.3. The van der Waals surface area contributed by atoms with Gasteiger partial charge in [0.1, 0.15) is 0 Å². The van der Waals surface area contributed by atoms with Crippen LogP contribution < -0.4 is 5.32 Å². The van der Waals surface area contributed by atoms with Gasteiger partial charge in [-0.1, -0.05) is 13.8 Å². The van der Waals surface area contributed by atoms with E-state index in [2.05, 4.69) is 19.2 Å². The van der Waals surface area contributed by atoms with Crippen molar-refractivity contribution >= 4 is 0 Å². The van der Waals surface area contributed by atoms with Crippen LogP contribution in [0.15, 0.2) is 0 Å². The molecule has 0 spiro atoms. The molecule has 1 heterocycles. The van der Waals surface area contributed by atoms with Gasteiger partial charge in [-0.2, -0.15) is 0 Å². The van der Waals surface area contributed by atoms with Crippen molar-refractivity contribution in [3.63, 3.8) is 0 Å². The highest BCUT2D eigenvalue weighted by molar-refractivity contribution is 4.83. The van der Waals surface area contributed by atoms with Gasteiger partial charge in [-0.25, -0.2) is 0 Å². The van der Waals surface area contributed by atoms with Crippen LogP contribution >= 0.6 is 0 Å². The van der Waals surface area contributed by atoms with E-state index in [0.717, 1.165) is 38.8 Å². The van der Waals surface area contributed by atoms with Gasteiger partial charge >= 0.3 is 0 Å². The standard InChI is InChI=1S/C10H21NO/c1-9(2)8-10(12)4-3-6-11-7-5-10/h9,11-12H,3-8H2,1-2H3. The molecule has 72 valence electrons. The van der Waals surface area contributed by atoms with Gasteiger partial charge in [-0.15, -0.1) is 0 Å². The van der Waals surface area contributed by atoms with Crippen molar-refractivity contribution in [2.75, 3.05) is 13.1 Å². The lowest BCUT2D eigenvalue weighted by molar-refractivity contribution is 0.00830. The molecule has 1 aliphatic heterocycles. The zero-order chi connectivity index (χ0) is 9.03. The molecule has 0 aliphatic carbocycles. The second-order valence-corrected chi connectivity index (χ2v) is 4.43. The molecule has 0 radical (unpaired) electrons. The third kappa shape index (κ3) is 3.11. The summed E-state index contributed by atoms with van der Waals surface area (Å²) in [7, 11) is 0. The topological polar surface area (TPSA) is 32.3 Å². The van der Waals surface area contributed by atoms with E-state index in [1.807, 2.05) is 0 Å². The molecule has 0 amide bonds. The van der Waals surface area contributed by atoms with Crippen molar-refractivity contribution in [1.82, 2.24) is 5.32 Å². The maximum Gasteiger partial charge on any atom is 0.0662 e. The number of hydrogen-bond acceptors (Lipinski definition) is 2. The first-order chi connectivity index (χ1) is 5.62. The molecule has 0 aromatic heterocycles. The number of rotatable bonds is 2. The van der Waals surface area contributed by atoms with Gasteiger partial charge in [0.2, 0.25) is 0 Å². The fourth-order valence-corrected chi connectivity index (χ4v) is 2.08. The van der Waals surface area contributed by atoms with Crippen molar-refractivity contribution in [3.8, 4) is 0 Å². The molecule has 12 heavy (non-hydrogen) atoms. The van der Waals surface area contributed by atoms with Crippen LogP contribution in [0.25, 0.3) is 0 Å². The summed E-state index contributed by atoms with van der Waals surface area (Å²) in [4.78, 5) is 0. The van der Waals surface area contributed by atoms with Gasteiger partial charge in [0.05, 0.1) is 5.60 Å². The van der Waals surface area contributed by atoms with Gasteiger partial charge in [0.25, 0.3) is 0 Å². The van der Waals surface area contributed by atoms with Gasteiger partial charge in [0.15, 0.2) is 0 Å². The van der Waals surface area contributed by atoms with Crippen molar-refractivity contribution in [1.29, 1.82) is 0 Å². The monoisotopic (exact) mass is 171 g/mol. The van der Waals surface area contributed by atoms with E-state index in [-0.39, 0.29) is 5.60 Å². The molecule has 0 aromatic carbocycles. The molecular formula is C10H21NO. The molecule has 0 saturated carbocycles. The molecule has 2 heteroatoms. The van der Waals surface area contributed by atoms with Crippen LogP contribution in [0.2, 0.25) is 0 Å². The Hall–Kier alpha value is -0.0800. The Balaban J connectivity index is 2.42. The van der Waals surface area contributed by atoms with Crippen LogP contribution in [0.4, 0.5) is 0 Å². The fourth-order valence-electron chi connectivity index (χ4n) is 2.08. The molecule has 2 N–H and O–H groups in total. The fraction of sp³-hybridized carbons (Fsp3) is 1.00. The first-order valence-corrected chi connectivity index (χ1v) is 5.05. The molecule has 1 fully saturated rings. The minimum Gasteiger partial charge on any atom is -0.390 e. The Morgan fingerprint density at radius 3 is 2.75 bits per heavy atom. The molecule has 1 saturated heterocycles. The van der Waals surface area contributed by atoms with Crippen LogP contribution in [-0.4, -0.2) is 23.8 Å². The SMILES string of the molecule is CC(C)CC1(O)CCCNCC1. The quantitative estimate of drug-likeness (QED) is 0.660. The Kier molecular flexibility index (Phi) is 3.53. The van der Waals surface area contributed by atoms with E-state index in [0.29, 0.717) is 5.92 Å². The zero-order valence-electron chi connectivity index (χ0n) is 8.27. The second kappa shape index (κ2) is 4.24. The van der Waals surface area contributed by atoms with Crippen molar-refractivity contribution in [2.45, 2.75) is 45.1 Å². The minimum absolute atomic E-state index is 0.377. The van der Waals surface area contributed by atoms with Crippen LogP contribution in [-0.2, 0) is 0 Å². The molecule has 0 bridgehead atoms. The van der Waals surface area contributed by atoms with E-state index in [1.165, 1.54) is 0 Å². The summed E-state index contributed by atoms with van der Waals surface area (Å²) in [6.45, 7) is 6.40. The van der Waals surface area contributed by atoms with Crippen LogP contribution in [0, 0.1) is 5.92 Å². The van der Waals surface area contributed by atoms with E-state index in [4.69, 9.17) is 0 Å². The number of nitrogens with one attached hydrogen (secondary N) is 1. The third-order valence-electron chi connectivity index (χ3n) is 2.55. The maximum absolute atomic E-state index is 10.2. The molecule has 1 unspecified atom stereocenters. The lowest BCUT2D eigenvalue weighted by Crippen LogP contribution is -2.31. The van der Waals surface area contributed by atoms with Crippen molar-refractivity contribution < 1.29 is 5.11 Å². The summed E-state index contributed by atoms with van der Waals surface area (Å²) in [6, 6.07) is 0. The third-order valence-corrected chi connectivity index (χ3v) is 2.55. The highest BCUT2D eigenvalue weighted by Gasteiger charge is 2.28. The smallest absolute Gasteiger partial charge is 0.0662 e. The van der Waals surface area contributed by atoms with Gasteiger partial charge in [-0.3, -0.25) is 0 Å². The lowest BCUT2D eigenvalue weighted by Gasteiger charge is -2.28. The molecule has 1 atom stereocenters. The van der Waals surface area contributed by atoms with Gasteiger partial charge in [0, 0.05) is 0 Å². The van der Waals surface area contributed by atoms with Crippen LogP contribution in [0.1, 0.15) is 39.5 Å². The van der Waals surface area contributed by atoms with Gasteiger partial charge < -0.3 is 10.4 Å². The minimum atomic E-state index is -0.377. The summed E-state index contributed by atoms with van der Waals surface area (Å²) < 4.78 is 0. The predicted molar refractivity (Wildman–Crippen MR) is 51.1 cm³/mol. The van der Waals surface area contributed by atoms with E-state index < -0.39 is 0 Å². The summed E-state index contributed by atoms with van der Waals surface area (Å²) in [5.41, 5.74) is -0.377. The summed E-state index contributed by atoms with van der Waals surface area (Å²) in [5.74, 6) is 0.605. The normalized spacial score (nSPS) is 32.0. The van der Waals surface area contributed by atoms with Crippen LogP contribution in [0.3, 0.4) is 0 Å². The Morgan fingerprint density at radius 2 is 2.08 bits per heavy atom. The number of hydrogen-bond donors (Lipinski definition) is 2. The Labute approximate surface area is 75.4 Å². The van der Waals surface area contributed by atoms with Gasteiger partial charge in [-0.05, 0) is 44.7 Å². The Morgan fingerprint density at radius 1 is 1.33 bits per heavy atom. The molecule has 2 nitrogen and oxygen atoms in total. The second-order valence-electron chi connectivity index (χ2n) is 4.43. The highest BCUT2D eigenvalue weighted by Crippen LogP contribution is 2.26. The predicted octanol–water partition coefficient (Wildman–Crippen LogP) is 1.54. The largest absolute Gasteiger partial charge is 0.390 e. The summed E-state index contributed by atoms with van der Waals surface area (Å²) in [5, 5.41) is 13.5. The van der Waals surface area contributed by atoms with Crippen LogP contribution in [0.5, 0.6) is 0 Å². The van der Waals surface area contributed by atoms with Crippen molar-refractivity contribution in [3.05, 3.63) is 0 Å². The van der Waals surface area contributed by atoms with Crippen molar-refractivity contribution in [2.24, 2.45) is 5.92 Å². The molecule has 1 aliphatic rings. The first kappa shape index (κ1) is 10.0. The Bertz CT molecular complexity index is 126. The molecule has 0 aromatic rings. The number of aliphatic hydroxyl groups is 1. The zero-order valence-corrected chi connectivity index (χ0v) is 8.27. The molecular weight excluding hydrogens is 150 g/mol. The van der Waals surface area contributed by atoms with E-state index >= 15 is 0 Å².